The third-order valence-electron chi connectivity index (χ3n) is 3.73. The summed E-state index contributed by atoms with van der Waals surface area (Å²) in [6, 6.07) is 15.9. The van der Waals surface area contributed by atoms with Gasteiger partial charge in [0.15, 0.2) is 0 Å². The predicted octanol–water partition coefficient (Wildman–Crippen LogP) is 3.17. The first kappa shape index (κ1) is 14.9. The average Bonchev–Trinajstić information content (AvgIpc) is 3.20. The van der Waals surface area contributed by atoms with Gasteiger partial charge in [-0.3, -0.25) is 0 Å². The highest BCUT2D eigenvalue weighted by atomic mass is 16.5. The van der Waals surface area contributed by atoms with Crippen molar-refractivity contribution in [2.45, 2.75) is 13.2 Å². The molecule has 0 aliphatic carbocycles. The first-order valence-electron chi connectivity index (χ1n) is 7.91. The van der Waals surface area contributed by atoms with Gasteiger partial charge >= 0.3 is 0 Å². The Kier molecular flexibility index (Phi) is 4.22. The van der Waals surface area contributed by atoms with Crippen molar-refractivity contribution >= 4 is 22.1 Å². The van der Waals surface area contributed by atoms with Gasteiger partial charge in [-0.1, -0.05) is 24.3 Å². The second kappa shape index (κ2) is 6.82. The lowest BCUT2D eigenvalue weighted by Crippen LogP contribution is -2.05. The Morgan fingerprint density at radius 1 is 0.667 bits per heavy atom. The van der Waals surface area contributed by atoms with Gasteiger partial charge in [-0.2, -0.15) is 0 Å². The lowest BCUT2D eigenvalue weighted by atomic mass is 10.3. The molecule has 6 nitrogen and oxygen atoms in total. The van der Waals surface area contributed by atoms with Gasteiger partial charge in [-0.15, -0.1) is 0 Å². The molecule has 24 heavy (non-hydrogen) atoms. The molecule has 0 amide bonds. The van der Waals surface area contributed by atoms with E-state index in [9.17, 15) is 0 Å². The van der Waals surface area contributed by atoms with E-state index in [4.69, 9.17) is 9.47 Å². The maximum absolute atomic E-state index is 5.60. The van der Waals surface area contributed by atoms with Crippen LogP contribution in [-0.4, -0.2) is 33.1 Å². The maximum atomic E-state index is 5.60. The normalized spacial score (nSPS) is 11.5. The van der Waals surface area contributed by atoms with Crippen LogP contribution in [-0.2, 0) is 22.7 Å². The number of ether oxygens (including phenoxy) is 2. The Morgan fingerprint density at radius 3 is 1.58 bits per heavy atom. The van der Waals surface area contributed by atoms with Crippen LogP contribution in [0.1, 0.15) is 11.6 Å². The van der Waals surface area contributed by atoms with Crippen LogP contribution < -0.4 is 0 Å². The molecule has 0 saturated heterocycles. The highest BCUT2D eigenvalue weighted by Gasteiger charge is 2.03. The average molecular weight is 322 g/mol. The molecule has 0 aliphatic rings. The van der Waals surface area contributed by atoms with Crippen molar-refractivity contribution in [2.24, 2.45) is 0 Å². The SMILES string of the molecule is c1ccc2[nH]c(COCCOCc3nc4ccccc4[nH]3)nc2c1. The summed E-state index contributed by atoms with van der Waals surface area (Å²) >= 11 is 0. The summed E-state index contributed by atoms with van der Waals surface area (Å²) < 4.78 is 11.2. The Hall–Kier alpha value is -2.70. The molecule has 0 bridgehead atoms. The number of aromatic amines is 2. The number of aromatic nitrogens is 4. The first-order valence-corrected chi connectivity index (χ1v) is 7.91. The van der Waals surface area contributed by atoms with E-state index in [1.54, 1.807) is 0 Å². The summed E-state index contributed by atoms with van der Waals surface area (Å²) in [7, 11) is 0. The molecule has 0 atom stereocenters. The largest absolute Gasteiger partial charge is 0.371 e. The highest BCUT2D eigenvalue weighted by Crippen LogP contribution is 2.11. The molecule has 4 aromatic rings. The summed E-state index contributed by atoms with van der Waals surface area (Å²) in [6.07, 6.45) is 0. The van der Waals surface area contributed by atoms with Crippen LogP contribution in [0.4, 0.5) is 0 Å². The molecule has 2 heterocycles. The lowest BCUT2D eigenvalue weighted by molar-refractivity contribution is 0.0302. The number of rotatable bonds is 7. The second-order valence-electron chi connectivity index (χ2n) is 5.51. The van der Waals surface area contributed by atoms with Crippen molar-refractivity contribution in [1.82, 2.24) is 19.9 Å². The molecular weight excluding hydrogens is 304 g/mol. The minimum atomic E-state index is 0.447. The smallest absolute Gasteiger partial charge is 0.133 e. The Bertz CT molecular complexity index is 800. The van der Waals surface area contributed by atoms with Crippen LogP contribution in [0.5, 0.6) is 0 Å². The third kappa shape index (κ3) is 3.29. The molecule has 0 fully saturated rings. The van der Waals surface area contributed by atoms with Crippen LogP contribution in [0.3, 0.4) is 0 Å². The van der Waals surface area contributed by atoms with Crippen LogP contribution in [0.25, 0.3) is 22.1 Å². The van der Waals surface area contributed by atoms with Crippen LogP contribution in [0.15, 0.2) is 48.5 Å². The number of fused-ring (bicyclic) bond motifs is 2. The lowest BCUT2D eigenvalue weighted by Gasteiger charge is -2.03. The zero-order chi connectivity index (χ0) is 16.2. The molecule has 0 aliphatic heterocycles. The second-order valence-corrected chi connectivity index (χ2v) is 5.51. The quantitative estimate of drug-likeness (QED) is 0.512. The zero-order valence-electron chi connectivity index (χ0n) is 13.2. The van der Waals surface area contributed by atoms with Gasteiger partial charge in [-0.25, -0.2) is 9.97 Å². The van der Waals surface area contributed by atoms with Gasteiger partial charge in [0.1, 0.15) is 24.9 Å². The van der Waals surface area contributed by atoms with Crippen molar-refractivity contribution < 1.29 is 9.47 Å². The van der Waals surface area contributed by atoms with E-state index in [0.717, 1.165) is 33.7 Å². The molecule has 0 saturated carbocycles. The molecule has 0 spiro atoms. The van der Waals surface area contributed by atoms with Gasteiger partial charge in [0.2, 0.25) is 0 Å². The van der Waals surface area contributed by atoms with Crippen LogP contribution in [0, 0.1) is 0 Å². The highest BCUT2D eigenvalue weighted by molar-refractivity contribution is 5.75. The van der Waals surface area contributed by atoms with Crippen molar-refractivity contribution in [3.05, 3.63) is 60.2 Å². The fourth-order valence-electron chi connectivity index (χ4n) is 2.60. The molecule has 2 N–H and O–H groups in total. The fourth-order valence-corrected chi connectivity index (χ4v) is 2.60. The minimum absolute atomic E-state index is 0.447. The summed E-state index contributed by atoms with van der Waals surface area (Å²) in [5.41, 5.74) is 3.96. The number of benzene rings is 2. The number of nitrogens with zero attached hydrogens (tertiary/aromatic N) is 2. The van der Waals surface area contributed by atoms with Crippen LogP contribution in [0.2, 0.25) is 0 Å². The molecular formula is C18H18N4O2. The van der Waals surface area contributed by atoms with Gasteiger partial charge in [0.25, 0.3) is 0 Å². The molecule has 2 aromatic heterocycles. The Labute approximate surface area is 138 Å². The number of H-pyrrole nitrogens is 2. The standard InChI is InChI=1S/C18H18N4O2/c1-2-6-14-13(5-1)19-17(20-14)11-23-9-10-24-12-18-21-15-7-3-4-8-16(15)22-18/h1-8H,9-12H2,(H,19,20)(H,21,22). The van der Waals surface area contributed by atoms with Gasteiger partial charge < -0.3 is 19.4 Å². The molecule has 122 valence electrons. The number of nitrogens with one attached hydrogen (secondary N) is 2. The van der Waals surface area contributed by atoms with E-state index in [2.05, 4.69) is 19.9 Å². The molecule has 0 unspecified atom stereocenters. The third-order valence-corrected chi connectivity index (χ3v) is 3.73. The number of imidazole rings is 2. The summed E-state index contributed by atoms with van der Waals surface area (Å²) in [4.78, 5) is 15.4. The Morgan fingerprint density at radius 2 is 1.12 bits per heavy atom. The topological polar surface area (TPSA) is 75.8 Å². The van der Waals surface area contributed by atoms with E-state index in [1.807, 2.05) is 48.5 Å². The monoisotopic (exact) mass is 322 g/mol. The van der Waals surface area contributed by atoms with E-state index in [-0.39, 0.29) is 0 Å². The van der Waals surface area contributed by atoms with Gasteiger partial charge in [0, 0.05) is 0 Å². The first-order chi connectivity index (χ1) is 11.9. The molecule has 6 heteroatoms. The van der Waals surface area contributed by atoms with Crippen molar-refractivity contribution in [2.75, 3.05) is 13.2 Å². The Balaban J connectivity index is 1.20. The van der Waals surface area contributed by atoms with E-state index in [0.29, 0.717) is 26.4 Å². The number of hydrogen-bond acceptors (Lipinski definition) is 4. The predicted molar refractivity (Wildman–Crippen MR) is 91.5 cm³/mol. The fraction of sp³-hybridized carbons (Fsp3) is 0.222. The summed E-state index contributed by atoms with van der Waals surface area (Å²) in [5, 5.41) is 0. The van der Waals surface area contributed by atoms with Crippen molar-refractivity contribution in [3.8, 4) is 0 Å². The number of para-hydroxylation sites is 4. The minimum Gasteiger partial charge on any atom is -0.371 e. The van der Waals surface area contributed by atoms with Crippen molar-refractivity contribution in [1.29, 1.82) is 0 Å². The van der Waals surface area contributed by atoms with E-state index in [1.165, 1.54) is 0 Å². The van der Waals surface area contributed by atoms with Crippen LogP contribution >= 0.6 is 0 Å². The zero-order valence-corrected chi connectivity index (χ0v) is 13.2. The van der Waals surface area contributed by atoms with E-state index >= 15 is 0 Å². The van der Waals surface area contributed by atoms with Crippen molar-refractivity contribution in [3.63, 3.8) is 0 Å². The van der Waals surface area contributed by atoms with Gasteiger partial charge in [-0.05, 0) is 24.3 Å². The summed E-state index contributed by atoms with van der Waals surface area (Å²) in [5.74, 6) is 1.65. The van der Waals surface area contributed by atoms with Gasteiger partial charge in [0.05, 0.1) is 35.3 Å². The molecule has 4 rings (SSSR count). The maximum Gasteiger partial charge on any atom is 0.133 e. The van der Waals surface area contributed by atoms with E-state index < -0.39 is 0 Å². The summed E-state index contributed by atoms with van der Waals surface area (Å²) in [6.45, 7) is 1.92. The molecule has 0 radical (unpaired) electrons. The number of hydrogen-bond donors (Lipinski definition) is 2. The molecule has 2 aromatic carbocycles.